The third kappa shape index (κ3) is 4.65. The van der Waals surface area contributed by atoms with E-state index in [0.717, 1.165) is 25.7 Å². The lowest BCUT2D eigenvalue weighted by atomic mass is 9.92. The number of carbonyl (C=O) groups excluding carboxylic acids is 1. The summed E-state index contributed by atoms with van der Waals surface area (Å²) in [5, 5.41) is 3.08. The second-order valence-electron chi connectivity index (χ2n) is 6.65. The quantitative estimate of drug-likeness (QED) is 0.787. The molecule has 1 fully saturated rings. The number of ether oxygens (including phenoxy) is 4. The van der Waals surface area contributed by atoms with Crippen LogP contribution in [0.3, 0.4) is 0 Å². The fraction of sp³-hybridized carbons (Fsp3) is 0.429. The van der Waals surface area contributed by atoms with Crippen LogP contribution in [0.5, 0.6) is 23.1 Å². The number of hydrogen-bond acceptors (Lipinski definition) is 6. The van der Waals surface area contributed by atoms with Crippen LogP contribution in [0.4, 0.5) is 0 Å². The lowest BCUT2D eigenvalue weighted by Gasteiger charge is -2.30. The van der Waals surface area contributed by atoms with Gasteiger partial charge in [-0.1, -0.05) is 6.07 Å². The van der Waals surface area contributed by atoms with E-state index in [-0.39, 0.29) is 18.1 Å². The van der Waals surface area contributed by atoms with Gasteiger partial charge < -0.3 is 24.3 Å². The summed E-state index contributed by atoms with van der Waals surface area (Å²) in [5.74, 6) is 2.30. The van der Waals surface area contributed by atoms with Gasteiger partial charge in [0, 0.05) is 18.3 Å². The molecule has 2 aromatic rings. The first-order valence-electron chi connectivity index (χ1n) is 9.33. The topological polar surface area (TPSA) is 78.9 Å². The van der Waals surface area contributed by atoms with Crippen molar-refractivity contribution in [3.63, 3.8) is 0 Å². The fourth-order valence-electron chi connectivity index (χ4n) is 3.36. The first-order valence-corrected chi connectivity index (χ1v) is 9.33. The lowest BCUT2D eigenvalue weighted by molar-refractivity contribution is 0.0891. The smallest absolute Gasteiger partial charge is 0.253 e. The number of carbonyl (C=O) groups is 1. The van der Waals surface area contributed by atoms with E-state index >= 15 is 0 Å². The molecular formula is C21H26N2O5. The molecule has 0 bridgehead atoms. The summed E-state index contributed by atoms with van der Waals surface area (Å²) in [6.45, 7) is 0. The molecule has 1 aromatic heterocycles. The van der Waals surface area contributed by atoms with Crippen LogP contribution < -0.4 is 24.3 Å². The molecule has 0 atom stereocenters. The minimum absolute atomic E-state index is 0.0804. The SMILES string of the molecule is COc1ccc(C(=O)NC2CCC(Oc3cccc(OC)c3OC)CC2)cn1. The van der Waals surface area contributed by atoms with E-state index in [1.165, 1.54) is 6.20 Å². The number of nitrogens with zero attached hydrogens (tertiary/aromatic N) is 1. The van der Waals surface area contributed by atoms with Crippen LogP contribution in [0.25, 0.3) is 0 Å². The van der Waals surface area contributed by atoms with E-state index in [1.807, 2.05) is 18.2 Å². The second-order valence-corrected chi connectivity index (χ2v) is 6.65. The Morgan fingerprint density at radius 3 is 2.32 bits per heavy atom. The zero-order chi connectivity index (χ0) is 19.9. The third-order valence-electron chi connectivity index (χ3n) is 4.88. The molecule has 0 radical (unpaired) electrons. The molecule has 150 valence electrons. The number of amides is 1. The van der Waals surface area contributed by atoms with Crippen molar-refractivity contribution in [2.45, 2.75) is 37.8 Å². The predicted molar refractivity (Wildman–Crippen MR) is 104 cm³/mol. The number of benzene rings is 1. The molecule has 1 amide bonds. The van der Waals surface area contributed by atoms with Crippen LogP contribution in [-0.4, -0.2) is 44.4 Å². The molecule has 0 saturated heterocycles. The first kappa shape index (κ1) is 19.8. The Balaban J connectivity index is 1.52. The van der Waals surface area contributed by atoms with E-state index in [4.69, 9.17) is 18.9 Å². The summed E-state index contributed by atoms with van der Waals surface area (Å²) in [7, 11) is 4.75. The van der Waals surface area contributed by atoms with Gasteiger partial charge in [-0.3, -0.25) is 4.79 Å². The molecule has 1 heterocycles. The van der Waals surface area contributed by atoms with Crippen molar-refractivity contribution >= 4 is 5.91 Å². The highest BCUT2D eigenvalue weighted by molar-refractivity contribution is 5.94. The average Bonchev–Trinajstić information content (AvgIpc) is 2.74. The van der Waals surface area contributed by atoms with Gasteiger partial charge >= 0.3 is 0 Å². The number of rotatable bonds is 7. The highest BCUT2D eigenvalue weighted by Crippen LogP contribution is 2.38. The fourth-order valence-corrected chi connectivity index (χ4v) is 3.36. The zero-order valence-corrected chi connectivity index (χ0v) is 16.4. The van der Waals surface area contributed by atoms with E-state index in [0.29, 0.717) is 28.7 Å². The molecule has 0 unspecified atom stereocenters. The number of methoxy groups -OCH3 is 3. The monoisotopic (exact) mass is 386 g/mol. The summed E-state index contributed by atoms with van der Waals surface area (Å²) in [6.07, 6.45) is 5.02. The maximum Gasteiger partial charge on any atom is 0.253 e. The molecule has 0 spiro atoms. The summed E-state index contributed by atoms with van der Waals surface area (Å²) in [5.41, 5.74) is 0.528. The predicted octanol–water partition coefficient (Wildman–Crippen LogP) is 3.23. The van der Waals surface area contributed by atoms with Crippen LogP contribution in [0.2, 0.25) is 0 Å². The minimum atomic E-state index is -0.117. The van der Waals surface area contributed by atoms with Gasteiger partial charge in [-0.25, -0.2) is 4.98 Å². The van der Waals surface area contributed by atoms with Crippen molar-refractivity contribution in [2.24, 2.45) is 0 Å². The van der Waals surface area contributed by atoms with Crippen molar-refractivity contribution in [3.8, 4) is 23.1 Å². The van der Waals surface area contributed by atoms with Gasteiger partial charge in [0.1, 0.15) is 0 Å². The Kier molecular flexibility index (Phi) is 6.57. The van der Waals surface area contributed by atoms with Crippen LogP contribution in [0, 0.1) is 0 Å². The third-order valence-corrected chi connectivity index (χ3v) is 4.88. The molecule has 3 rings (SSSR count). The molecule has 1 aromatic carbocycles. The highest BCUT2D eigenvalue weighted by atomic mass is 16.5. The van der Waals surface area contributed by atoms with Gasteiger partial charge in [0.05, 0.1) is 33.0 Å². The van der Waals surface area contributed by atoms with Gasteiger partial charge in [-0.15, -0.1) is 0 Å². The Bertz CT molecular complexity index is 786. The van der Waals surface area contributed by atoms with Gasteiger partial charge in [-0.2, -0.15) is 0 Å². The van der Waals surface area contributed by atoms with Crippen molar-refractivity contribution in [1.82, 2.24) is 10.3 Å². The van der Waals surface area contributed by atoms with E-state index in [2.05, 4.69) is 10.3 Å². The van der Waals surface area contributed by atoms with Crippen molar-refractivity contribution in [3.05, 3.63) is 42.1 Å². The Hall–Kier alpha value is -2.96. The Labute approximate surface area is 165 Å². The van der Waals surface area contributed by atoms with Crippen LogP contribution >= 0.6 is 0 Å². The number of nitrogens with one attached hydrogen (secondary N) is 1. The molecule has 1 aliphatic carbocycles. The molecule has 0 aliphatic heterocycles. The van der Waals surface area contributed by atoms with Crippen LogP contribution in [0.1, 0.15) is 36.0 Å². The zero-order valence-electron chi connectivity index (χ0n) is 16.4. The summed E-state index contributed by atoms with van der Waals surface area (Å²) < 4.78 is 21.9. The second kappa shape index (κ2) is 9.30. The normalized spacial score (nSPS) is 18.8. The highest BCUT2D eigenvalue weighted by Gasteiger charge is 2.25. The summed E-state index contributed by atoms with van der Waals surface area (Å²) in [6, 6.07) is 9.12. The number of pyridine rings is 1. The van der Waals surface area contributed by atoms with Gasteiger partial charge in [0.2, 0.25) is 11.6 Å². The first-order chi connectivity index (χ1) is 13.6. The molecular weight excluding hydrogens is 360 g/mol. The minimum Gasteiger partial charge on any atom is -0.493 e. The molecule has 7 nitrogen and oxygen atoms in total. The molecule has 28 heavy (non-hydrogen) atoms. The van der Waals surface area contributed by atoms with Gasteiger partial charge in [0.25, 0.3) is 5.91 Å². The molecule has 7 heteroatoms. The molecule has 1 saturated carbocycles. The van der Waals surface area contributed by atoms with Crippen molar-refractivity contribution < 1.29 is 23.7 Å². The standard InChI is InChI=1S/C21H26N2O5/c1-25-17-5-4-6-18(20(17)27-3)28-16-10-8-15(9-11-16)23-21(24)14-7-12-19(26-2)22-13-14/h4-7,12-13,15-16H,8-11H2,1-3H3,(H,23,24). The van der Waals surface area contributed by atoms with Gasteiger partial charge in [-0.05, 0) is 43.9 Å². The summed E-state index contributed by atoms with van der Waals surface area (Å²) in [4.78, 5) is 16.5. The van der Waals surface area contributed by atoms with E-state index in [9.17, 15) is 4.79 Å². The number of hydrogen-bond donors (Lipinski definition) is 1. The van der Waals surface area contributed by atoms with E-state index in [1.54, 1.807) is 33.5 Å². The number of para-hydroxylation sites is 1. The van der Waals surface area contributed by atoms with E-state index < -0.39 is 0 Å². The lowest BCUT2D eigenvalue weighted by Crippen LogP contribution is -2.39. The number of aromatic nitrogens is 1. The Morgan fingerprint density at radius 1 is 0.964 bits per heavy atom. The van der Waals surface area contributed by atoms with Crippen LogP contribution in [0.15, 0.2) is 36.5 Å². The van der Waals surface area contributed by atoms with Crippen LogP contribution in [-0.2, 0) is 0 Å². The largest absolute Gasteiger partial charge is 0.493 e. The van der Waals surface area contributed by atoms with Crippen molar-refractivity contribution in [2.75, 3.05) is 21.3 Å². The van der Waals surface area contributed by atoms with Gasteiger partial charge in [0.15, 0.2) is 11.5 Å². The molecule has 1 N–H and O–H groups in total. The Morgan fingerprint density at radius 2 is 1.71 bits per heavy atom. The maximum absolute atomic E-state index is 12.4. The maximum atomic E-state index is 12.4. The van der Waals surface area contributed by atoms with Crippen molar-refractivity contribution in [1.29, 1.82) is 0 Å². The summed E-state index contributed by atoms with van der Waals surface area (Å²) >= 11 is 0. The molecule has 1 aliphatic rings. The average molecular weight is 386 g/mol.